The number of hydrogen-bond donors (Lipinski definition) is 2. The minimum Gasteiger partial charge on any atom is -0.356 e. The number of carbonyl (C=O) groups excluding carboxylic acids is 1. The topological polar surface area (TPSA) is 44.4 Å². The van der Waals surface area contributed by atoms with E-state index in [1.54, 1.807) is 0 Å². The predicted octanol–water partition coefficient (Wildman–Crippen LogP) is 4.35. The second-order valence-electron chi connectivity index (χ2n) is 7.40. The molecule has 0 fully saturated rings. The first-order valence-electron chi connectivity index (χ1n) is 10.8. The monoisotopic (exact) mass is 355 g/mol. The molecule has 0 rings (SSSR count). The van der Waals surface area contributed by atoms with Gasteiger partial charge in [0.2, 0.25) is 5.91 Å². The number of amides is 1. The van der Waals surface area contributed by atoms with Crippen molar-refractivity contribution in [2.24, 2.45) is 0 Å². The lowest BCUT2D eigenvalue weighted by atomic mass is 10.1. The minimum absolute atomic E-state index is 0.194. The van der Waals surface area contributed by atoms with Crippen LogP contribution in [-0.4, -0.2) is 51.1 Å². The highest BCUT2D eigenvalue weighted by molar-refractivity contribution is 5.75. The predicted molar refractivity (Wildman–Crippen MR) is 110 cm³/mol. The van der Waals surface area contributed by atoms with Crippen LogP contribution in [0, 0.1) is 0 Å². The molecule has 0 aromatic heterocycles. The molecule has 1 amide bonds. The van der Waals surface area contributed by atoms with E-state index in [2.05, 4.69) is 29.5 Å². The molecule has 4 heteroatoms. The molecule has 4 nitrogen and oxygen atoms in total. The van der Waals surface area contributed by atoms with Crippen molar-refractivity contribution < 1.29 is 4.79 Å². The van der Waals surface area contributed by atoms with Crippen LogP contribution in [0.5, 0.6) is 0 Å². The zero-order chi connectivity index (χ0) is 18.6. The fraction of sp³-hybridized carbons (Fsp3) is 0.952. The third-order valence-electron chi connectivity index (χ3n) is 4.82. The van der Waals surface area contributed by atoms with E-state index in [0.29, 0.717) is 6.42 Å². The summed E-state index contributed by atoms with van der Waals surface area (Å²) in [5.41, 5.74) is 0. The van der Waals surface area contributed by atoms with Crippen LogP contribution in [0.4, 0.5) is 0 Å². The summed E-state index contributed by atoms with van der Waals surface area (Å²) in [5, 5.41) is 6.17. The molecule has 0 saturated heterocycles. The van der Waals surface area contributed by atoms with Crippen molar-refractivity contribution in [2.75, 3.05) is 40.3 Å². The van der Waals surface area contributed by atoms with Crippen LogP contribution in [0.1, 0.15) is 90.4 Å². The van der Waals surface area contributed by atoms with E-state index >= 15 is 0 Å². The highest BCUT2D eigenvalue weighted by Crippen LogP contribution is 2.11. The van der Waals surface area contributed by atoms with E-state index in [1.165, 1.54) is 70.6 Å². The number of unbranched alkanes of at least 4 members (excludes halogenated alkanes) is 11. The number of rotatable bonds is 19. The third kappa shape index (κ3) is 19.6. The minimum atomic E-state index is 0.194. The summed E-state index contributed by atoms with van der Waals surface area (Å²) in [7, 11) is 4.02. The highest BCUT2D eigenvalue weighted by Gasteiger charge is 2.03. The Labute approximate surface area is 157 Å². The third-order valence-corrected chi connectivity index (χ3v) is 4.82. The van der Waals surface area contributed by atoms with E-state index in [4.69, 9.17) is 0 Å². The second-order valence-corrected chi connectivity index (χ2v) is 7.40. The van der Waals surface area contributed by atoms with Crippen molar-refractivity contribution in [2.45, 2.75) is 90.4 Å². The van der Waals surface area contributed by atoms with Gasteiger partial charge in [0.05, 0.1) is 0 Å². The van der Waals surface area contributed by atoms with E-state index in [9.17, 15) is 4.79 Å². The fourth-order valence-electron chi connectivity index (χ4n) is 2.99. The molecular formula is C21H45N3O. The average molecular weight is 356 g/mol. The Morgan fingerprint density at radius 2 is 1.28 bits per heavy atom. The van der Waals surface area contributed by atoms with Gasteiger partial charge in [-0.2, -0.15) is 0 Å². The van der Waals surface area contributed by atoms with E-state index in [1.807, 2.05) is 7.05 Å². The Kier molecular flexibility index (Phi) is 19.2. The molecule has 0 aliphatic heterocycles. The van der Waals surface area contributed by atoms with Crippen molar-refractivity contribution in [3.05, 3.63) is 0 Å². The van der Waals surface area contributed by atoms with E-state index in [-0.39, 0.29) is 5.91 Å². The van der Waals surface area contributed by atoms with Gasteiger partial charge < -0.3 is 15.5 Å². The zero-order valence-corrected chi connectivity index (χ0v) is 17.4. The SMILES string of the molecule is CCCCCCCCCCCCCCNC(=O)CCN(C)CCNC. The summed E-state index contributed by atoms with van der Waals surface area (Å²) in [6.45, 7) is 5.92. The molecule has 0 atom stereocenters. The number of hydrogen-bond acceptors (Lipinski definition) is 3. The van der Waals surface area contributed by atoms with Crippen LogP contribution in [0.3, 0.4) is 0 Å². The summed E-state index contributed by atoms with van der Waals surface area (Å²) < 4.78 is 0. The van der Waals surface area contributed by atoms with Gasteiger partial charge in [-0.1, -0.05) is 77.6 Å². The molecule has 0 bridgehead atoms. The van der Waals surface area contributed by atoms with Gasteiger partial charge in [0, 0.05) is 32.6 Å². The quantitative estimate of drug-likeness (QED) is 0.339. The number of nitrogens with one attached hydrogen (secondary N) is 2. The lowest BCUT2D eigenvalue weighted by Crippen LogP contribution is -2.32. The second kappa shape index (κ2) is 19.7. The van der Waals surface area contributed by atoms with Gasteiger partial charge in [0.15, 0.2) is 0 Å². The summed E-state index contributed by atoms with van der Waals surface area (Å²) in [6, 6.07) is 0. The summed E-state index contributed by atoms with van der Waals surface area (Å²) >= 11 is 0. The van der Waals surface area contributed by atoms with Crippen molar-refractivity contribution in [3.63, 3.8) is 0 Å². The maximum atomic E-state index is 11.8. The zero-order valence-electron chi connectivity index (χ0n) is 17.4. The van der Waals surface area contributed by atoms with Gasteiger partial charge in [0.1, 0.15) is 0 Å². The van der Waals surface area contributed by atoms with Gasteiger partial charge in [-0.05, 0) is 20.5 Å². The molecule has 0 spiro atoms. The first kappa shape index (κ1) is 24.4. The molecule has 0 radical (unpaired) electrons. The van der Waals surface area contributed by atoms with Gasteiger partial charge in [-0.3, -0.25) is 4.79 Å². The van der Waals surface area contributed by atoms with Gasteiger partial charge in [0.25, 0.3) is 0 Å². The smallest absolute Gasteiger partial charge is 0.221 e. The van der Waals surface area contributed by atoms with E-state index in [0.717, 1.165) is 32.6 Å². The van der Waals surface area contributed by atoms with Gasteiger partial charge in [-0.15, -0.1) is 0 Å². The van der Waals surface area contributed by atoms with Crippen molar-refractivity contribution in [1.29, 1.82) is 0 Å². The van der Waals surface area contributed by atoms with Gasteiger partial charge >= 0.3 is 0 Å². The molecule has 0 aliphatic rings. The first-order chi connectivity index (χ1) is 12.2. The Morgan fingerprint density at radius 1 is 0.760 bits per heavy atom. The molecule has 2 N–H and O–H groups in total. The van der Waals surface area contributed by atoms with Crippen LogP contribution in [0.25, 0.3) is 0 Å². The van der Waals surface area contributed by atoms with Crippen molar-refractivity contribution in [1.82, 2.24) is 15.5 Å². The number of likely N-dealkylation sites (N-methyl/N-ethyl adjacent to an activating group) is 2. The molecule has 0 unspecified atom stereocenters. The molecule has 25 heavy (non-hydrogen) atoms. The summed E-state index contributed by atoms with van der Waals surface area (Å²) in [6.07, 6.45) is 16.9. The summed E-state index contributed by atoms with van der Waals surface area (Å²) in [5.74, 6) is 0.194. The molecular weight excluding hydrogens is 310 g/mol. The van der Waals surface area contributed by atoms with Crippen LogP contribution >= 0.6 is 0 Å². The van der Waals surface area contributed by atoms with Crippen LogP contribution < -0.4 is 10.6 Å². The highest BCUT2D eigenvalue weighted by atomic mass is 16.1. The molecule has 150 valence electrons. The lowest BCUT2D eigenvalue weighted by molar-refractivity contribution is -0.121. The molecule has 0 aliphatic carbocycles. The number of nitrogens with zero attached hydrogens (tertiary/aromatic N) is 1. The largest absolute Gasteiger partial charge is 0.356 e. The lowest BCUT2D eigenvalue weighted by Gasteiger charge is -2.15. The maximum absolute atomic E-state index is 11.8. The average Bonchev–Trinajstić information content (AvgIpc) is 2.62. The Bertz CT molecular complexity index is 284. The fourth-order valence-corrected chi connectivity index (χ4v) is 2.99. The van der Waals surface area contributed by atoms with E-state index < -0.39 is 0 Å². The molecule has 0 aromatic carbocycles. The Hall–Kier alpha value is -0.610. The Balaban J connectivity index is 3.21. The van der Waals surface area contributed by atoms with Gasteiger partial charge in [-0.25, -0.2) is 0 Å². The molecule has 0 aromatic rings. The van der Waals surface area contributed by atoms with Crippen LogP contribution in [0.2, 0.25) is 0 Å². The first-order valence-corrected chi connectivity index (χ1v) is 10.8. The number of carbonyl (C=O) groups is 1. The summed E-state index contributed by atoms with van der Waals surface area (Å²) in [4.78, 5) is 14.0. The molecule has 0 heterocycles. The van der Waals surface area contributed by atoms with Crippen LogP contribution in [0.15, 0.2) is 0 Å². The molecule has 0 saturated carbocycles. The van der Waals surface area contributed by atoms with Crippen molar-refractivity contribution >= 4 is 5.91 Å². The van der Waals surface area contributed by atoms with Crippen LogP contribution in [-0.2, 0) is 4.79 Å². The Morgan fingerprint density at radius 3 is 1.80 bits per heavy atom. The normalized spacial score (nSPS) is 11.2. The maximum Gasteiger partial charge on any atom is 0.221 e. The van der Waals surface area contributed by atoms with Crippen molar-refractivity contribution in [3.8, 4) is 0 Å². The standard InChI is InChI=1S/C21H45N3O/c1-4-5-6-7-8-9-10-11-12-13-14-15-17-23-21(25)16-19-24(3)20-18-22-2/h22H,4-20H2,1-3H3,(H,23,25).